The van der Waals surface area contributed by atoms with Crippen LogP contribution in [-0.4, -0.2) is 61.9 Å². The lowest BCUT2D eigenvalue weighted by Gasteiger charge is -2.37. The van der Waals surface area contributed by atoms with Crippen LogP contribution in [0.5, 0.6) is 5.75 Å². The fraction of sp³-hybridized carbons (Fsp3) is 0.381. The number of carbonyl (C=O) groups is 1. The Labute approximate surface area is 160 Å². The number of para-hydroxylation sites is 1. The van der Waals surface area contributed by atoms with Crippen molar-refractivity contribution in [3.05, 3.63) is 54.1 Å². The molecule has 0 radical (unpaired) electrons. The SMILES string of the molecule is COC(=O)c1ccc(O)cc1NC(C)CN1CCN(c2ccccc2)CC1. The van der Waals surface area contributed by atoms with Crippen LogP contribution in [0, 0.1) is 0 Å². The summed E-state index contributed by atoms with van der Waals surface area (Å²) in [4.78, 5) is 16.7. The number of esters is 1. The van der Waals surface area contributed by atoms with E-state index < -0.39 is 5.97 Å². The Kier molecular flexibility index (Phi) is 6.19. The molecule has 144 valence electrons. The number of nitrogens with one attached hydrogen (secondary N) is 1. The molecule has 6 nitrogen and oxygen atoms in total. The highest BCUT2D eigenvalue weighted by atomic mass is 16.5. The molecule has 2 N–H and O–H groups in total. The molecule has 1 saturated heterocycles. The lowest BCUT2D eigenvalue weighted by Crippen LogP contribution is -2.49. The molecule has 0 aliphatic carbocycles. The molecule has 1 heterocycles. The van der Waals surface area contributed by atoms with Crippen LogP contribution in [0.3, 0.4) is 0 Å². The lowest BCUT2D eigenvalue weighted by molar-refractivity contribution is 0.0602. The van der Waals surface area contributed by atoms with Gasteiger partial charge in [-0.25, -0.2) is 4.79 Å². The van der Waals surface area contributed by atoms with E-state index in [0.29, 0.717) is 11.3 Å². The molecular formula is C21H27N3O3. The van der Waals surface area contributed by atoms with Gasteiger partial charge in [0.1, 0.15) is 5.75 Å². The monoisotopic (exact) mass is 369 g/mol. The molecule has 27 heavy (non-hydrogen) atoms. The number of hydrogen-bond donors (Lipinski definition) is 2. The minimum atomic E-state index is -0.416. The molecule has 1 unspecified atom stereocenters. The van der Waals surface area contributed by atoms with E-state index in [1.807, 2.05) is 6.07 Å². The molecule has 0 saturated carbocycles. The normalized spacial score (nSPS) is 16.0. The van der Waals surface area contributed by atoms with Crippen LogP contribution in [0.2, 0.25) is 0 Å². The van der Waals surface area contributed by atoms with Crippen molar-refractivity contribution >= 4 is 17.3 Å². The summed E-state index contributed by atoms with van der Waals surface area (Å²) in [5.41, 5.74) is 2.29. The maximum atomic E-state index is 11.9. The Hall–Kier alpha value is -2.73. The number of anilines is 2. The molecule has 6 heteroatoms. The highest BCUT2D eigenvalue weighted by molar-refractivity contribution is 5.96. The largest absolute Gasteiger partial charge is 0.508 e. The summed E-state index contributed by atoms with van der Waals surface area (Å²) in [6.45, 7) is 6.91. The standard InChI is InChI=1S/C21H27N3O3/c1-16(22-20-14-18(25)8-9-19(20)21(26)27-2)15-23-10-12-24(13-11-23)17-6-4-3-5-7-17/h3-9,14,16,22,25H,10-13,15H2,1-2H3. The number of benzene rings is 2. The van der Waals surface area contributed by atoms with Crippen molar-refractivity contribution in [3.63, 3.8) is 0 Å². The van der Waals surface area contributed by atoms with Gasteiger partial charge in [0.15, 0.2) is 0 Å². The van der Waals surface area contributed by atoms with Gasteiger partial charge in [0.25, 0.3) is 0 Å². The number of phenols is 1. The Morgan fingerprint density at radius 3 is 2.52 bits per heavy atom. The number of nitrogens with zero attached hydrogens (tertiary/aromatic N) is 2. The summed E-state index contributed by atoms with van der Waals surface area (Å²) < 4.78 is 4.83. The van der Waals surface area contributed by atoms with E-state index in [9.17, 15) is 9.90 Å². The summed E-state index contributed by atoms with van der Waals surface area (Å²) in [6.07, 6.45) is 0. The Balaban J connectivity index is 1.55. The number of hydrogen-bond acceptors (Lipinski definition) is 6. The highest BCUT2D eigenvalue weighted by Gasteiger charge is 2.20. The third-order valence-electron chi connectivity index (χ3n) is 4.84. The maximum Gasteiger partial charge on any atom is 0.339 e. The van der Waals surface area contributed by atoms with Crippen LogP contribution in [-0.2, 0) is 4.74 Å². The van der Waals surface area contributed by atoms with Crippen LogP contribution >= 0.6 is 0 Å². The summed E-state index contributed by atoms with van der Waals surface area (Å²) in [5, 5.41) is 13.1. The van der Waals surface area contributed by atoms with E-state index in [1.54, 1.807) is 12.1 Å². The van der Waals surface area contributed by atoms with Gasteiger partial charge in [-0.05, 0) is 31.2 Å². The minimum Gasteiger partial charge on any atom is -0.508 e. The average Bonchev–Trinajstić information content (AvgIpc) is 2.69. The van der Waals surface area contributed by atoms with Crippen molar-refractivity contribution in [2.24, 2.45) is 0 Å². The van der Waals surface area contributed by atoms with Gasteiger partial charge in [-0.1, -0.05) is 18.2 Å². The molecule has 0 bridgehead atoms. The molecule has 1 aliphatic rings. The molecular weight excluding hydrogens is 342 g/mol. The zero-order chi connectivity index (χ0) is 19.2. The summed E-state index contributed by atoms with van der Waals surface area (Å²) >= 11 is 0. The van der Waals surface area contributed by atoms with Crippen LogP contribution in [0.15, 0.2) is 48.5 Å². The average molecular weight is 369 g/mol. The molecule has 1 atom stereocenters. The van der Waals surface area contributed by atoms with Gasteiger partial charge < -0.3 is 20.1 Å². The first-order valence-electron chi connectivity index (χ1n) is 9.27. The number of aromatic hydroxyl groups is 1. The molecule has 0 amide bonds. The van der Waals surface area contributed by atoms with Gasteiger partial charge in [-0.3, -0.25) is 4.90 Å². The zero-order valence-electron chi connectivity index (χ0n) is 15.9. The first-order chi connectivity index (χ1) is 13.1. The topological polar surface area (TPSA) is 65.0 Å². The third-order valence-corrected chi connectivity index (χ3v) is 4.84. The van der Waals surface area contributed by atoms with Crippen molar-refractivity contribution in [3.8, 4) is 5.75 Å². The number of ether oxygens (including phenoxy) is 1. The molecule has 1 fully saturated rings. The highest BCUT2D eigenvalue weighted by Crippen LogP contribution is 2.23. The van der Waals surface area contributed by atoms with Crippen molar-refractivity contribution < 1.29 is 14.6 Å². The Morgan fingerprint density at radius 1 is 1.15 bits per heavy atom. The van der Waals surface area contributed by atoms with E-state index in [2.05, 4.69) is 46.3 Å². The van der Waals surface area contributed by atoms with Crippen LogP contribution in [0.4, 0.5) is 11.4 Å². The van der Waals surface area contributed by atoms with Crippen LogP contribution in [0.1, 0.15) is 17.3 Å². The smallest absolute Gasteiger partial charge is 0.339 e. The van der Waals surface area contributed by atoms with Gasteiger partial charge >= 0.3 is 5.97 Å². The summed E-state index contributed by atoms with van der Waals surface area (Å²) in [5.74, 6) is -0.296. The molecule has 3 rings (SSSR count). The van der Waals surface area contributed by atoms with Gasteiger partial charge in [-0.15, -0.1) is 0 Å². The van der Waals surface area contributed by atoms with E-state index in [-0.39, 0.29) is 11.8 Å². The lowest BCUT2D eigenvalue weighted by atomic mass is 10.1. The van der Waals surface area contributed by atoms with E-state index in [4.69, 9.17) is 4.74 Å². The van der Waals surface area contributed by atoms with Gasteiger partial charge in [0.2, 0.25) is 0 Å². The number of rotatable bonds is 6. The fourth-order valence-electron chi connectivity index (χ4n) is 3.47. The van der Waals surface area contributed by atoms with Crippen LogP contribution in [0.25, 0.3) is 0 Å². The zero-order valence-corrected chi connectivity index (χ0v) is 15.9. The van der Waals surface area contributed by atoms with Crippen molar-refractivity contribution in [1.82, 2.24) is 4.90 Å². The van der Waals surface area contributed by atoms with Gasteiger partial charge in [0, 0.05) is 50.5 Å². The quantitative estimate of drug-likeness (QED) is 0.764. The number of phenolic OH excluding ortho intramolecular Hbond substituents is 1. The fourth-order valence-corrected chi connectivity index (χ4v) is 3.47. The van der Waals surface area contributed by atoms with Gasteiger partial charge in [0.05, 0.1) is 18.4 Å². The Bertz CT molecular complexity index is 759. The number of carbonyl (C=O) groups excluding carboxylic acids is 1. The van der Waals surface area contributed by atoms with Gasteiger partial charge in [-0.2, -0.15) is 0 Å². The minimum absolute atomic E-state index is 0.119. The van der Waals surface area contributed by atoms with Crippen molar-refractivity contribution in [2.45, 2.75) is 13.0 Å². The molecule has 0 spiro atoms. The second-order valence-corrected chi connectivity index (χ2v) is 6.89. The van der Waals surface area contributed by atoms with E-state index >= 15 is 0 Å². The second-order valence-electron chi connectivity index (χ2n) is 6.89. The summed E-state index contributed by atoms with van der Waals surface area (Å²) in [7, 11) is 1.36. The predicted octanol–water partition coefficient (Wildman–Crippen LogP) is 2.80. The maximum absolute atomic E-state index is 11.9. The van der Waals surface area contributed by atoms with E-state index in [1.165, 1.54) is 18.9 Å². The third kappa shape index (κ3) is 4.92. The Morgan fingerprint density at radius 2 is 1.85 bits per heavy atom. The number of methoxy groups -OCH3 is 1. The van der Waals surface area contributed by atoms with Crippen LogP contribution < -0.4 is 10.2 Å². The predicted molar refractivity (Wildman–Crippen MR) is 108 cm³/mol. The molecule has 0 aromatic heterocycles. The first-order valence-corrected chi connectivity index (χ1v) is 9.27. The first kappa shape index (κ1) is 19.0. The summed E-state index contributed by atoms with van der Waals surface area (Å²) in [6, 6.07) is 15.2. The second kappa shape index (κ2) is 8.77. The number of piperazine rings is 1. The molecule has 2 aromatic rings. The van der Waals surface area contributed by atoms with Crippen molar-refractivity contribution in [1.29, 1.82) is 0 Å². The molecule has 2 aromatic carbocycles. The van der Waals surface area contributed by atoms with E-state index in [0.717, 1.165) is 32.7 Å². The van der Waals surface area contributed by atoms with Crippen molar-refractivity contribution in [2.75, 3.05) is 50.1 Å². The molecule has 1 aliphatic heterocycles.